The predicted molar refractivity (Wildman–Crippen MR) is 133 cm³/mol. The van der Waals surface area contributed by atoms with Gasteiger partial charge in [0.05, 0.1) is 11.1 Å². The number of thiophene rings is 1. The summed E-state index contributed by atoms with van der Waals surface area (Å²) in [7, 11) is 0. The monoisotopic (exact) mass is 457 g/mol. The van der Waals surface area contributed by atoms with E-state index in [0.717, 1.165) is 46.0 Å². The molecule has 1 atom stereocenters. The lowest BCUT2D eigenvalue weighted by Gasteiger charge is -2.33. The lowest BCUT2D eigenvalue weighted by molar-refractivity contribution is 0.218. The highest BCUT2D eigenvalue weighted by atomic mass is 32.1. The van der Waals surface area contributed by atoms with Crippen molar-refractivity contribution in [3.63, 3.8) is 0 Å². The molecule has 0 fully saturated rings. The molecule has 33 heavy (non-hydrogen) atoms. The number of fused-ring (bicyclic) bond motifs is 6. The van der Waals surface area contributed by atoms with Gasteiger partial charge in [-0.25, -0.2) is 9.37 Å². The lowest BCUT2D eigenvalue weighted by atomic mass is 9.72. The molecule has 6 heteroatoms. The van der Waals surface area contributed by atoms with Crippen LogP contribution in [-0.4, -0.2) is 14.6 Å². The third-order valence-corrected chi connectivity index (χ3v) is 8.17. The largest absolute Gasteiger partial charge is 0.283 e. The fourth-order valence-corrected chi connectivity index (χ4v) is 6.37. The maximum Gasteiger partial charge on any atom is 0.283 e. The number of rotatable bonds is 1. The van der Waals surface area contributed by atoms with Crippen molar-refractivity contribution >= 4 is 38.0 Å². The first-order chi connectivity index (χ1) is 15.8. The van der Waals surface area contributed by atoms with Crippen molar-refractivity contribution < 1.29 is 4.39 Å². The normalized spacial score (nSPS) is 16.5. The molecular weight excluding hydrogens is 433 g/mol. The highest BCUT2D eigenvalue weighted by Gasteiger charge is 2.32. The fourth-order valence-electron chi connectivity index (χ4n) is 5.08. The molecule has 0 spiro atoms. The third kappa shape index (κ3) is 3.19. The van der Waals surface area contributed by atoms with E-state index in [1.807, 2.05) is 24.3 Å². The van der Waals surface area contributed by atoms with Gasteiger partial charge in [0.15, 0.2) is 5.65 Å². The Hall–Kier alpha value is -3.12. The van der Waals surface area contributed by atoms with Crippen LogP contribution in [-0.2, 0) is 12.8 Å². The molecule has 0 bridgehead atoms. The highest BCUT2D eigenvalue weighted by Crippen LogP contribution is 2.42. The van der Waals surface area contributed by atoms with E-state index in [2.05, 4.69) is 20.8 Å². The average molecular weight is 458 g/mol. The number of hydrogen-bond donors (Lipinski definition) is 0. The number of hydrogen-bond acceptors (Lipinski definition) is 4. The van der Waals surface area contributed by atoms with E-state index >= 15 is 0 Å². The topological polar surface area (TPSA) is 47.3 Å². The van der Waals surface area contributed by atoms with Crippen molar-refractivity contribution in [2.75, 3.05) is 0 Å². The molecule has 166 valence electrons. The summed E-state index contributed by atoms with van der Waals surface area (Å²) in [5.74, 6) is 0.294. The zero-order valence-electron chi connectivity index (χ0n) is 18.9. The molecule has 0 aliphatic heterocycles. The summed E-state index contributed by atoms with van der Waals surface area (Å²) >= 11 is 1.67. The summed E-state index contributed by atoms with van der Waals surface area (Å²) in [6.45, 7) is 6.89. The van der Waals surface area contributed by atoms with Crippen LogP contribution >= 0.6 is 11.3 Å². The van der Waals surface area contributed by atoms with Crippen LogP contribution in [0.2, 0.25) is 0 Å². The lowest BCUT2D eigenvalue weighted by Crippen LogP contribution is -2.26. The first-order valence-electron chi connectivity index (χ1n) is 11.3. The van der Waals surface area contributed by atoms with Gasteiger partial charge in [0.1, 0.15) is 10.6 Å². The first kappa shape index (κ1) is 20.5. The summed E-state index contributed by atoms with van der Waals surface area (Å²) in [5.41, 5.74) is 3.26. The van der Waals surface area contributed by atoms with Crippen LogP contribution in [0.25, 0.3) is 37.9 Å². The van der Waals surface area contributed by atoms with Crippen LogP contribution in [0, 0.1) is 17.2 Å². The smallest absolute Gasteiger partial charge is 0.267 e. The van der Waals surface area contributed by atoms with Gasteiger partial charge in [0.2, 0.25) is 0 Å². The number of aromatic nitrogens is 3. The highest BCUT2D eigenvalue weighted by molar-refractivity contribution is 7.18. The summed E-state index contributed by atoms with van der Waals surface area (Å²) < 4.78 is 15.0. The van der Waals surface area contributed by atoms with Gasteiger partial charge < -0.3 is 0 Å². The summed E-state index contributed by atoms with van der Waals surface area (Å²) in [5, 5.41) is 7.23. The molecule has 0 amide bonds. The number of benzene rings is 2. The van der Waals surface area contributed by atoms with Crippen molar-refractivity contribution in [3.05, 3.63) is 75.1 Å². The molecule has 3 aromatic heterocycles. The first-order valence-corrected chi connectivity index (χ1v) is 12.1. The Morgan fingerprint density at radius 3 is 2.52 bits per heavy atom. The molecule has 6 rings (SSSR count). The number of halogens is 1. The Labute approximate surface area is 194 Å². The van der Waals surface area contributed by atoms with Crippen LogP contribution in [0.1, 0.15) is 37.6 Å². The van der Waals surface area contributed by atoms with Crippen molar-refractivity contribution in [1.29, 1.82) is 0 Å². The Kier molecular flexibility index (Phi) is 4.46. The molecule has 1 aliphatic carbocycles. The van der Waals surface area contributed by atoms with Gasteiger partial charge in [-0.2, -0.15) is 9.61 Å². The molecule has 1 aliphatic rings. The molecular formula is C27H24FN3OS. The minimum atomic E-state index is -0.303. The van der Waals surface area contributed by atoms with Gasteiger partial charge in [0.25, 0.3) is 5.56 Å². The van der Waals surface area contributed by atoms with Crippen LogP contribution in [0.15, 0.2) is 53.3 Å². The van der Waals surface area contributed by atoms with Crippen LogP contribution < -0.4 is 5.56 Å². The van der Waals surface area contributed by atoms with Gasteiger partial charge in [-0.3, -0.25) is 4.79 Å². The Morgan fingerprint density at radius 1 is 1.06 bits per heavy atom. The van der Waals surface area contributed by atoms with E-state index < -0.39 is 0 Å². The number of aryl methyl sites for hydroxylation is 1. The Balaban J connectivity index is 1.65. The van der Waals surface area contributed by atoms with Gasteiger partial charge in [-0.05, 0) is 60.4 Å². The summed E-state index contributed by atoms with van der Waals surface area (Å²) in [4.78, 5) is 20.9. The van der Waals surface area contributed by atoms with Gasteiger partial charge in [-0.1, -0.05) is 45.0 Å². The minimum Gasteiger partial charge on any atom is -0.267 e. The zero-order chi connectivity index (χ0) is 22.9. The van der Waals surface area contributed by atoms with E-state index in [1.165, 1.54) is 21.5 Å². The third-order valence-electron chi connectivity index (χ3n) is 7.03. The van der Waals surface area contributed by atoms with Crippen LogP contribution in [0.3, 0.4) is 0 Å². The molecule has 4 nitrogen and oxygen atoms in total. The van der Waals surface area contributed by atoms with Gasteiger partial charge >= 0.3 is 0 Å². The zero-order valence-corrected chi connectivity index (χ0v) is 19.7. The van der Waals surface area contributed by atoms with Gasteiger partial charge in [-0.15, -0.1) is 11.3 Å². The van der Waals surface area contributed by atoms with Crippen LogP contribution in [0.4, 0.5) is 4.39 Å². The summed E-state index contributed by atoms with van der Waals surface area (Å²) in [6, 6.07) is 14.1. The molecule has 3 heterocycles. The second-order valence-corrected chi connectivity index (χ2v) is 11.1. The Morgan fingerprint density at radius 2 is 1.79 bits per heavy atom. The summed E-state index contributed by atoms with van der Waals surface area (Å²) in [6.07, 6.45) is 2.98. The maximum atomic E-state index is 13.8. The fraction of sp³-hybridized carbons (Fsp3) is 0.296. The van der Waals surface area contributed by atoms with Gasteiger partial charge in [0, 0.05) is 21.2 Å². The Bertz CT molecular complexity index is 1610. The van der Waals surface area contributed by atoms with E-state index in [1.54, 1.807) is 23.5 Å². The second-order valence-electron chi connectivity index (χ2n) is 10.0. The second kappa shape index (κ2) is 7.19. The molecule has 2 aromatic carbocycles. The van der Waals surface area contributed by atoms with E-state index in [9.17, 15) is 9.18 Å². The van der Waals surface area contributed by atoms with Crippen LogP contribution in [0.5, 0.6) is 0 Å². The van der Waals surface area contributed by atoms with E-state index in [4.69, 9.17) is 10.1 Å². The molecule has 0 saturated carbocycles. The molecule has 0 unspecified atom stereocenters. The minimum absolute atomic E-state index is 0.115. The predicted octanol–water partition coefficient (Wildman–Crippen LogP) is 6.41. The standard InChI is InChI=1S/C27H24FN3OS/c1-27(2,3)16-10-13-20-21(14-16)33-25-22(20)26(32)31-24(29-25)19-7-5-4-6-18(19)23(30-31)15-8-11-17(28)12-9-15/h4-9,11-12,16H,10,13-14H2,1-3H3/t16-/m1/s1. The van der Waals surface area contributed by atoms with Crippen molar-refractivity contribution in [2.45, 2.75) is 40.0 Å². The van der Waals surface area contributed by atoms with Crippen molar-refractivity contribution in [1.82, 2.24) is 14.6 Å². The van der Waals surface area contributed by atoms with Crippen molar-refractivity contribution in [3.8, 4) is 11.3 Å². The molecule has 5 aromatic rings. The van der Waals surface area contributed by atoms with E-state index in [-0.39, 0.29) is 16.8 Å². The quantitative estimate of drug-likeness (QED) is 0.273. The number of nitrogens with zero attached hydrogens (tertiary/aromatic N) is 3. The molecule has 0 N–H and O–H groups in total. The molecule has 0 radical (unpaired) electrons. The maximum absolute atomic E-state index is 13.8. The molecule has 0 saturated heterocycles. The SMILES string of the molecule is CC(C)(C)[C@@H]1CCc2c(sc3nc4c5ccccc5c(-c5ccc(F)cc5)nn4c(=O)c23)C1. The van der Waals surface area contributed by atoms with Crippen molar-refractivity contribution in [2.24, 2.45) is 11.3 Å². The average Bonchev–Trinajstić information content (AvgIpc) is 3.17. The van der Waals surface area contributed by atoms with E-state index in [0.29, 0.717) is 22.6 Å².